The van der Waals surface area contributed by atoms with E-state index >= 15 is 0 Å². The zero-order valence-corrected chi connectivity index (χ0v) is 15.7. The molecule has 2 aromatic carbocycles. The van der Waals surface area contributed by atoms with Crippen LogP contribution in [0.3, 0.4) is 0 Å². The molecule has 0 aromatic heterocycles. The molecule has 9 heteroatoms. The summed E-state index contributed by atoms with van der Waals surface area (Å²) in [4.78, 5) is 12.1. The molecule has 2 aromatic rings. The van der Waals surface area contributed by atoms with Crippen LogP contribution in [-0.2, 0) is 4.79 Å². The minimum Gasteiger partial charge on any atom is -0.506 e. The number of carbonyl (C=O) groups is 1. The Kier molecular flexibility index (Phi) is 5.14. The molecule has 1 atom stereocenters. The van der Waals surface area contributed by atoms with Crippen molar-refractivity contribution in [2.24, 2.45) is 5.10 Å². The van der Waals surface area contributed by atoms with E-state index in [2.05, 4.69) is 42.4 Å². The number of hydrazone groups is 1. The van der Waals surface area contributed by atoms with Crippen LogP contribution in [0.4, 0.5) is 0 Å². The van der Waals surface area contributed by atoms with Gasteiger partial charge in [0.05, 0.1) is 10.7 Å². The van der Waals surface area contributed by atoms with E-state index in [0.29, 0.717) is 21.5 Å². The average Bonchev–Trinajstić information content (AvgIpc) is 2.63. The number of nitrogens with one attached hydrogen (secondary N) is 1. The highest BCUT2D eigenvalue weighted by Crippen LogP contribution is 2.40. The molecular weight excluding hydrogens is 460 g/mol. The first kappa shape index (κ1) is 17.6. The molecule has 0 spiro atoms. The van der Waals surface area contributed by atoms with E-state index in [9.17, 15) is 15.0 Å². The summed E-state index contributed by atoms with van der Waals surface area (Å²) in [7, 11) is 0. The Balaban J connectivity index is 1.66. The number of rotatable bonds is 3. The van der Waals surface area contributed by atoms with Gasteiger partial charge in [0, 0.05) is 5.56 Å². The minimum absolute atomic E-state index is 0.0694. The fourth-order valence-electron chi connectivity index (χ4n) is 2.10. The number of ether oxygens (including phenoxy) is 2. The van der Waals surface area contributed by atoms with Gasteiger partial charge >= 0.3 is 0 Å². The summed E-state index contributed by atoms with van der Waals surface area (Å²) in [5, 5.41) is 23.4. The monoisotopic (exact) mass is 470 g/mol. The van der Waals surface area contributed by atoms with E-state index in [1.807, 2.05) is 6.07 Å². The number of fused-ring (bicyclic) bond motifs is 1. The van der Waals surface area contributed by atoms with Crippen LogP contribution in [0.15, 0.2) is 44.4 Å². The summed E-state index contributed by atoms with van der Waals surface area (Å²) in [6, 6.07) is 8.52. The zero-order valence-electron chi connectivity index (χ0n) is 12.6. The molecule has 3 rings (SSSR count). The van der Waals surface area contributed by atoms with Crippen molar-refractivity contribution < 1.29 is 24.5 Å². The lowest BCUT2D eigenvalue weighted by Crippen LogP contribution is -2.42. The molecule has 1 amide bonds. The van der Waals surface area contributed by atoms with Gasteiger partial charge in [-0.1, -0.05) is 12.1 Å². The Labute approximate surface area is 159 Å². The molecule has 0 saturated carbocycles. The number of hydrogen-bond donors (Lipinski definition) is 3. The van der Waals surface area contributed by atoms with Crippen molar-refractivity contribution in [2.45, 2.75) is 6.10 Å². The highest BCUT2D eigenvalue weighted by molar-refractivity contribution is 9.11. The van der Waals surface area contributed by atoms with Gasteiger partial charge in [0.2, 0.25) is 6.10 Å². The van der Waals surface area contributed by atoms with Crippen LogP contribution < -0.4 is 14.9 Å². The maximum Gasteiger partial charge on any atom is 0.284 e. The normalized spacial score (nSPS) is 16.0. The van der Waals surface area contributed by atoms with E-state index < -0.39 is 12.0 Å². The SMILES string of the molecule is O=C(N/N=C/c1cc(Br)c(O)c(Br)c1O)C1COc2ccccc2O1. The van der Waals surface area contributed by atoms with E-state index in [1.54, 1.807) is 18.2 Å². The summed E-state index contributed by atoms with van der Waals surface area (Å²) in [5.41, 5.74) is 2.63. The maximum absolute atomic E-state index is 12.1. The molecule has 0 saturated heterocycles. The van der Waals surface area contributed by atoms with Crippen molar-refractivity contribution in [1.82, 2.24) is 5.43 Å². The summed E-state index contributed by atoms with van der Waals surface area (Å²) in [6.07, 6.45) is 0.416. The van der Waals surface area contributed by atoms with Crippen molar-refractivity contribution in [3.05, 3.63) is 44.8 Å². The van der Waals surface area contributed by atoms with Crippen LogP contribution >= 0.6 is 31.9 Å². The van der Waals surface area contributed by atoms with Crippen LogP contribution in [0.25, 0.3) is 0 Å². The molecule has 3 N–H and O–H groups in total. The van der Waals surface area contributed by atoms with Crippen LogP contribution in [0.1, 0.15) is 5.56 Å². The molecule has 0 radical (unpaired) electrons. The second kappa shape index (κ2) is 7.32. The topological polar surface area (TPSA) is 100 Å². The number of nitrogens with zero attached hydrogens (tertiary/aromatic N) is 1. The lowest BCUT2D eigenvalue weighted by Gasteiger charge is -2.24. The summed E-state index contributed by atoms with van der Waals surface area (Å²) in [5.74, 6) is 0.248. The van der Waals surface area contributed by atoms with Crippen LogP contribution in [0.5, 0.6) is 23.0 Å². The Hall–Kier alpha value is -2.26. The number of amides is 1. The van der Waals surface area contributed by atoms with Crippen molar-refractivity contribution in [2.75, 3.05) is 6.61 Å². The summed E-state index contributed by atoms with van der Waals surface area (Å²) >= 11 is 6.22. The van der Waals surface area contributed by atoms with Crippen molar-refractivity contribution in [3.63, 3.8) is 0 Å². The van der Waals surface area contributed by atoms with E-state index in [4.69, 9.17) is 9.47 Å². The number of aromatic hydroxyl groups is 2. The van der Waals surface area contributed by atoms with E-state index in [1.165, 1.54) is 12.3 Å². The predicted octanol–water partition coefficient (Wildman–Crippen LogP) is 2.91. The molecule has 0 fully saturated rings. The fourth-order valence-corrected chi connectivity index (χ4v) is 3.25. The Morgan fingerprint density at radius 1 is 1.24 bits per heavy atom. The van der Waals surface area contributed by atoms with Crippen LogP contribution in [-0.4, -0.2) is 35.0 Å². The molecular formula is C16H12Br2N2O5. The molecule has 0 bridgehead atoms. The number of halogens is 2. The minimum atomic E-state index is -0.834. The molecule has 1 unspecified atom stereocenters. The van der Waals surface area contributed by atoms with Crippen molar-refractivity contribution in [1.29, 1.82) is 0 Å². The fraction of sp³-hybridized carbons (Fsp3) is 0.125. The van der Waals surface area contributed by atoms with Gasteiger partial charge in [-0.3, -0.25) is 4.79 Å². The number of phenolic OH excluding ortho intramolecular Hbond substituents is 2. The highest BCUT2D eigenvalue weighted by atomic mass is 79.9. The Morgan fingerprint density at radius 2 is 1.96 bits per heavy atom. The Morgan fingerprint density at radius 3 is 2.72 bits per heavy atom. The highest BCUT2D eigenvalue weighted by Gasteiger charge is 2.27. The number of carbonyl (C=O) groups excluding carboxylic acids is 1. The van der Waals surface area contributed by atoms with Crippen molar-refractivity contribution in [3.8, 4) is 23.0 Å². The number of benzene rings is 2. The van der Waals surface area contributed by atoms with Gasteiger partial charge in [-0.05, 0) is 50.1 Å². The van der Waals surface area contributed by atoms with Gasteiger partial charge in [0.25, 0.3) is 5.91 Å². The van der Waals surface area contributed by atoms with Gasteiger partial charge in [-0.2, -0.15) is 5.10 Å². The predicted molar refractivity (Wildman–Crippen MR) is 97.3 cm³/mol. The molecule has 1 aliphatic heterocycles. The van der Waals surface area contributed by atoms with Gasteiger partial charge in [0.15, 0.2) is 11.5 Å². The zero-order chi connectivity index (χ0) is 18.0. The smallest absolute Gasteiger partial charge is 0.284 e. The molecule has 130 valence electrons. The van der Waals surface area contributed by atoms with Gasteiger partial charge < -0.3 is 19.7 Å². The first-order valence-corrected chi connectivity index (χ1v) is 8.67. The maximum atomic E-state index is 12.1. The largest absolute Gasteiger partial charge is 0.506 e. The molecule has 0 aliphatic carbocycles. The quantitative estimate of drug-likeness (QED) is 0.472. The standard InChI is InChI=1S/C16H12Br2N2O5/c17-9-5-8(14(21)13(18)15(9)22)6-19-20-16(23)12-7-24-10-3-1-2-4-11(10)25-12/h1-6,12,21-22H,7H2,(H,20,23)/b19-6+. The second-order valence-electron chi connectivity index (χ2n) is 5.06. The molecule has 1 heterocycles. The first-order valence-electron chi connectivity index (χ1n) is 7.08. The third-order valence-electron chi connectivity index (χ3n) is 3.38. The number of phenols is 2. The van der Waals surface area contributed by atoms with Crippen molar-refractivity contribution >= 4 is 44.0 Å². The van der Waals surface area contributed by atoms with Crippen LogP contribution in [0, 0.1) is 0 Å². The van der Waals surface area contributed by atoms with Gasteiger partial charge in [0.1, 0.15) is 22.6 Å². The molecule has 1 aliphatic rings. The lowest BCUT2D eigenvalue weighted by molar-refractivity contribution is -0.130. The van der Waals surface area contributed by atoms with Gasteiger partial charge in [-0.25, -0.2) is 5.43 Å². The lowest BCUT2D eigenvalue weighted by atomic mass is 10.2. The third kappa shape index (κ3) is 3.72. The molecule has 25 heavy (non-hydrogen) atoms. The van der Waals surface area contributed by atoms with Gasteiger partial charge in [-0.15, -0.1) is 0 Å². The third-order valence-corrected chi connectivity index (χ3v) is 4.73. The number of para-hydroxylation sites is 2. The summed E-state index contributed by atoms with van der Waals surface area (Å²) in [6.45, 7) is 0.0694. The van der Waals surface area contributed by atoms with E-state index in [0.717, 1.165) is 0 Å². The second-order valence-corrected chi connectivity index (χ2v) is 6.70. The molecule has 7 nitrogen and oxygen atoms in total. The number of hydrogen-bond acceptors (Lipinski definition) is 6. The Bertz CT molecular complexity index is 857. The van der Waals surface area contributed by atoms with E-state index in [-0.39, 0.29) is 22.6 Å². The first-order chi connectivity index (χ1) is 12.0. The summed E-state index contributed by atoms with van der Waals surface area (Å²) < 4.78 is 11.5. The average molecular weight is 472 g/mol. The van der Waals surface area contributed by atoms with Crippen LogP contribution in [0.2, 0.25) is 0 Å².